The van der Waals surface area contributed by atoms with Crippen molar-refractivity contribution in [1.29, 1.82) is 0 Å². The Morgan fingerprint density at radius 3 is 2.83 bits per heavy atom. The van der Waals surface area contributed by atoms with Crippen LogP contribution in [0.3, 0.4) is 0 Å². The van der Waals surface area contributed by atoms with Gasteiger partial charge in [0.2, 0.25) is 0 Å². The lowest BCUT2D eigenvalue weighted by Crippen LogP contribution is -2.61. The summed E-state index contributed by atoms with van der Waals surface area (Å²) in [7, 11) is 0. The zero-order valence-corrected chi connectivity index (χ0v) is 10.4. The maximum atomic E-state index is 11.0. The van der Waals surface area contributed by atoms with E-state index in [2.05, 4.69) is 5.32 Å². The fourth-order valence-electron chi connectivity index (χ4n) is 2.62. The summed E-state index contributed by atoms with van der Waals surface area (Å²) in [4.78, 5) is 11.0. The number of halogens is 1. The van der Waals surface area contributed by atoms with Crippen molar-refractivity contribution in [2.24, 2.45) is 0 Å². The van der Waals surface area contributed by atoms with E-state index in [0.29, 0.717) is 18.1 Å². The second-order valence-corrected chi connectivity index (χ2v) is 5.17. The van der Waals surface area contributed by atoms with Gasteiger partial charge in [-0.3, -0.25) is 4.79 Å². The SMILES string of the molecule is O=C(O)CC1(n2ccc3cccc(Cl)c32)CNC1. The van der Waals surface area contributed by atoms with E-state index < -0.39 is 11.5 Å². The molecule has 1 saturated heterocycles. The third-order valence-corrected chi connectivity index (χ3v) is 3.87. The van der Waals surface area contributed by atoms with E-state index in [1.807, 2.05) is 35.0 Å². The number of benzene rings is 1. The Hall–Kier alpha value is -1.52. The van der Waals surface area contributed by atoms with Gasteiger partial charge in [0.25, 0.3) is 0 Å². The molecule has 0 aliphatic carbocycles. The fraction of sp³-hybridized carbons (Fsp3) is 0.308. The molecule has 1 aromatic heterocycles. The zero-order valence-electron chi connectivity index (χ0n) is 9.69. The number of aromatic nitrogens is 1. The minimum Gasteiger partial charge on any atom is -0.481 e. The number of carboxylic acids is 1. The first-order chi connectivity index (χ1) is 8.62. The van der Waals surface area contributed by atoms with Crippen LogP contribution in [0.4, 0.5) is 0 Å². The van der Waals surface area contributed by atoms with Gasteiger partial charge in [-0.15, -0.1) is 0 Å². The smallest absolute Gasteiger partial charge is 0.305 e. The Morgan fingerprint density at radius 1 is 1.44 bits per heavy atom. The molecule has 1 fully saturated rings. The van der Waals surface area contributed by atoms with Crippen LogP contribution in [0.2, 0.25) is 5.02 Å². The Balaban J connectivity index is 2.16. The molecule has 2 N–H and O–H groups in total. The highest BCUT2D eigenvalue weighted by molar-refractivity contribution is 6.35. The van der Waals surface area contributed by atoms with Gasteiger partial charge >= 0.3 is 5.97 Å². The number of nitrogens with zero attached hydrogens (tertiary/aromatic N) is 1. The molecule has 2 heterocycles. The maximum absolute atomic E-state index is 11.0. The lowest BCUT2D eigenvalue weighted by molar-refractivity contribution is -0.140. The lowest BCUT2D eigenvalue weighted by Gasteiger charge is -2.43. The van der Waals surface area contributed by atoms with Crippen LogP contribution >= 0.6 is 11.6 Å². The van der Waals surface area contributed by atoms with E-state index in [0.717, 1.165) is 10.9 Å². The van der Waals surface area contributed by atoms with Crippen LogP contribution in [0.25, 0.3) is 10.9 Å². The molecule has 94 valence electrons. The van der Waals surface area contributed by atoms with Crippen LogP contribution in [0, 0.1) is 0 Å². The van der Waals surface area contributed by atoms with Crippen molar-refractivity contribution in [1.82, 2.24) is 9.88 Å². The molecule has 3 rings (SSSR count). The Labute approximate surface area is 109 Å². The molecule has 18 heavy (non-hydrogen) atoms. The standard InChI is InChI=1S/C13H13ClN2O2/c14-10-3-1-2-9-4-5-16(12(9)10)13(6-11(17)18)7-15-8-13/h1-5,15H,6-8H2,(H,17,18). The molecule has 2 aromatic rings. The van der Waals surface area contributed by atoms with Gasteiger partial charge in [0.05, 0.1) is 22.5 Å². The van der Waals surface area contributed by atoms with E-state index in [-0.39, 0.29) is 6.42 Å². The third-order valence-electron chi connectivity index (χ3n) is 3.56. The van der Waals surface area contributed by atoms with Crippen molar-refractivity contribution in [3.63, 3.8) is 0 Å². The molecule has 0 bridgehead atoms. The van der Waals surface area contributed by atoms with Crippen molar-refractivity contribution in [2.45, 2.75) is 12.0 Å². The predicted molar refractivity (Wildman–Crippen MR) is 70.0 cm³/mol. The number of rotatable bonds is 3. The zero-order chi connectivity index (χ0) is 12.8. The number of hydrogen-bond acceptors (Lipinski definition) is 2. The lowest BCUT2D eigenvalue weighted by atomic mass is 9.88. The van der Waals surface area contributed by atoms with E-state index in [1.165, 1.54) is 0 Å². The van der Waals surface area contributed by atoms with E-state index >= 15 is 0 Å². The van der Waals surface area contributed by atoms with Crippen LogP contribution in [0.5, 0.6) is 0 Å². The number of nitrogens with one attached hydrogen (secondary N) is 1. The van der Waals surface area contributed by atoms with E-state index in [9.17, 15) is 4.79 Å². The van der Waals surface area contributed by atoms with Gasteiger partial charge in [0, 0.05) is 24.7 Å². The number of hydrogen-bond donors (Lipinski definition) is 2. The molecule has 4 nitrogen and oxygen atoms in total. The molecule has 0 spiro atoms. The second kappa shape index (κ2) is 4.00. The molecule has 1 aliphatic rings. The summed E-state index contributed by atoms with van der Waals surface area (Å²) in [6.45, 7) is 1.32. The summed E-state index contributed by atoms with van der Waals surface area (Å²) in [5, 5.41) is 13.9. The van der Waals surface area contributed by atoms with Gasteiger partial charge in [-0.05, 0) is 12.1 Å². The van der Waals surface area contributed by atoms with Crippen molar-refractivity contribution >= 4 is 28.5 Å². The first-order valence-corrected chi connectivity index (χ1v) is 6.19. The quantitative estimate of drug-likeness (QED) is 0.892. The number of carbonyl (C=O) groups is 1. The van der Waals surface area contributed by atoms with Gasteiger partial charge in [-0.25, -0.2) is 0 Å². The van der Waals surface area contributed by atoms with Crippen LogP contribution in [0.15, 0.2) is 30.5 Å². The summed E-state index contributed by atoms with van der Waals surface area (Å²) >= 11 is 6.24. The topological polar surface area (TPSA) is 54.3 Å². The minimum atomic E-state index is -0.787. The Morgan fingerprint density at radius 2 is 2.22 bits per heavy atom. The number of para-hydroxylation sites is 1. The summed E-state index contributed by atoms with van der Waals surface area (Å²) < 4.78 is 2.01. The maximum Gasteiger partial charge on any atom is 0.305 e. The average molecular weight is 265 g/mol. The second-order valence-electron chi connectivity index (χ2n) is 4.76. The number of fused-ring (bicyclic) bond motifs is 1. The molecule has 0 unspecified atom stereocenters. The van der Waals surface area contributed by atoms with Crippen molar-refractivity contribution < 1.29 is 9.90 Å². The molecule has 0 amide bonds. The molecule has 0 atom stereocenters. The molecule has 5 heteroatoms. The summed E-state index contributed by atoms with van der Waals surface area (Å²) in [6.07, 6.45) is 2.04. The predicted octanol–water partition coefficient (Wildman–Crippen LogP) is 2.07. The average Bonchev–Trinajstić information content (AvgIpc) is 2.69. The molecule has 1 aliphatic heterocycles. The number of carboxylic acid groups (broad SMARTS) is 1. The summed E-state index contributed by atoms with van der Waals surface area (Å²) in [6, 6.07) is 7.69. The first-order valence-electron chi connectivity index (χ1n) is 5.81. The van der Waals surface area contributed by atoms with Gasteiger partial charge < -0.3 is 15.0 Å². The minimum absolute atomic E-state index is 0.106. The van der Waals surface area contributed by atoms with Crippen LogP contribution in [0.1, 0.15) is 6.42 Å². The monoisotopic (exact) mass is 264 g/mol. The van der Waals surface area contributed by atoms with Crippen LogP contribution < -0.4 is 5.32 Å². The first kappa shape index (κ1) is 11.6. The van der Waals surface area contributed by atoms with Gasteiger partial charge in [0.15, 0.2) is 0 Å². The third kappa shape index (κ3) is 1.61. The highest BCUT2D eigenvalue weighted by Crippen LogP contribution is 2.34. The summed E-state index contributed by atoms with van der Waals surface area (Å²) in [5.41, 5.74) is 0.528. The highest BCUT2D eigenvalue weighted by Gasteiger charge is 2.41. The normalized spacial score (nSPS) is 17.6. The number of aliphatic carboxylic acids is 1. The molecular formula is C13H13ClN2O2. The largest absolute Gasteiger partial charge is 0.481 e. The van der Waals surface area contributed by atoms with Gasteiger partial charge in [-0.2, -0.15) is 0 Å². The molecule has 0 radical (unpaired) electrons. The van der Waals surface area contributed by atoms with Crippen LogP contribution in [-0.2, 0) is 10.3 Å². The van der Waals surface area contributed by atoms with E-state index in [4.69, 9.17) is 16.7 Å². The Bertz CT molecular complexity index is 616. The molecule has 0 saturated carbocycles. The molecular weight excluding hydrogens is 252 g/mol. The van der Waals surface area contributed by atoms with Gasteiger partial charge in [0.1, 0.15) is 0 Å². The molecule has 1 aromatic carbocycles. The fourth-order valence-corrected chi connectivity index (χ4v) is 2.89. The van der Waals surface area contributed by atoms with Crippen molar-refractivity contribution in [3.05, 3.63) is 35.5 Å². The van der Waals surface area contributed by atoms with Crippen molar-refractivity contribution in [2.75, 3.05) is 13.1 Å². The van der Waals surface area contributed by atoms with E-state index in [1.54, 1.807) is 0 Å². The van der Waals surface area contributed by atoms with Gasteiger partial charge in [-0.1, -0.05) is 23.7 Å². The highest BCUT2D eigenvalue weighted by atomic mass is 35.5. The summed E-state index contributed by atoms with van der Waals surface area (Å²) in [5.74, 6) is -0.787. The van der Waals surface area contributed by atoms with Crippen molar-refractivity contribution in [3.8, 4) is 0 Å². The van der Waals surface area contributed by atoms with Crippen LogP contribution in [-0.4, -0.2) is 28.7 Å². The Kier molecular flexibility index (Phi) is 2.57.